The Labute approximate surface area is 167 Å². The molecule has 0 atom stereocenters. The van der Waals surface area contributed by atoms with E-state index < -0.39 is 17.7 Å². The van der Waals surface area contributed by atoms with E-state index >= 15 is 0 Å². The van der Waals surface area contributed by atoms with E-state index in [1.54, 1.807) is 7.05 Å². The van der Waals surface area contributed by atoms with Crippen molar-refractivity contribution in [3.63, 3.8) is 0 Å². The lowest BCUT2D eigenvalue weighted by atomic mass is 9.76. The molecule has 150 valence electrons. The maximum atomic E-state index is 13.6. The summed E-state index contributed by atoms with van der Waals surface area (Å²) in [6, 6.07) is 3.86. The Morgan fingerprint density at radius 2 is 2.11 bits per heavy atom. The van der Waals surface area contributed by atoms with E-state index in [1.165, 1.54) is 34.5 Å². The van der Waals surface area contributed by atoms with Gasteiger partial charge in [0.15, 0.2) is 0 Å². The third-order valence-electron chi connectivity index (χ3n) is 4.95. The topological polar surface area (TPSA) is 95.7 Å². The fraction of sp³-hybridized carbons (Fsp3) is 0.400. The average Bonchev–Trinajstić information content (AvgIpc) is 2.90. The second-order valence-electron chi connectivity index (χ2n) is 8.02. The van der Waals surface area contributed by atoms with Crippen LogP contribution in [0.15, 0.2) is 18.2 Å². The Balaban J connectivity index is 1.96. The summed E-state index contributed by atoms with van der Waals surface area (Å²) in [7, 11) is 1.62. The monoisotopic (exact) mass is 405 g/mol. The Morgan fingerprint density at radius 1 is 1.39 bits per heavy atom. The molecular formula is C20H24FN3O3S. The van der Waals surface area contributed by atoms with Crippen molar-refractivity contribution >= 4 is 28.2 Å². The van der Waals surface area contributed by atoms with Gasteiger partial charge in [0.25, 0.3) is 5.91 Å². The molecule has 1 aromatic heterocycles. The SMILES string of the molecule is CN(N)Cc1cc(F)ccc1C(=O)Nc1sc2c(c1C(=O)O)CC(C)(C)CC2. The van der Waals surface area contributed by atoms with Crippen molar-refractivity contribution < 1.29 is 19.1 Å². The highest BCUT2D eigenvalue weighted by Gasteiger charge is 2.33. The van der Waals surface area contributed by atoms with Crippen LogP contribution in [0.1, 0.15) is 57.0 Å². The zero-order valence-electron chi connectivity index (χ0n) is 16.1. The number of halogens is 1. The number of aryl methyl sites for hydroxylation is 1. The number of amides is 1. The van der Waals surface area contributed by atoms with Crippen LogP contribution in [0.2, 0.25) is 0 Å². The minimum Gasteiger partial charge on any atom is -0.478 e. The summed E-state index contributed by atoms with van der Waals surface area (Å²) < 4.78 is 13.6. The smallest absolute Gasteiger partial charge is 0.339 e. The molecule has 0 radical (unpaired) electrons. The first kappa shape index (κ1) is 20.4. The van der Waals surface area contributed by atoms with Gasteiger partial charge in [-0.05, 0) is 54.0 Å². The lowest BCUT2D eigenvalue weighted by molar-refractivity contribution is 0.0696. The summed E-state index contributed by atoms with van der Waals surface area (Å²) in [6.45, 7) is 4.42. The first-order valence-corrected chi connectivity index (χ1v) is 9.82. The van der Waals surface area contributed by atoms with Crippen molar-refractivity contribution in [3.8, 4) is 0 Å². The second-order valence-corrected chi connectivity index (χ2v) is 9.13. The van der Waals surface area contributed by atoms with Gasteiger partial charge in [-0.2, -0.15) is 0 Å². The van der Waals surface area contributed by atoms with Gasteiger partial charge in [-0.25, -0.2) is 14.2 Å². The van der Waals surface area contributed by atoms with Crippen LogP contribution < -0.4 is 11.2 Å². The van der Waals surface area contributed by atoms with E-state index in [1.807, 2.05) is 0 Å². The summed E-state index contributed by atoms with van der Waals surface area (Å²) >= 11 is 1.31. The molecule has 1 aliphatic rings. The number of carboxylic acid groups (broad SMARTS) is 1. The summed E-state index contributed by atoms with van der Waals surface area (Å²) in [5.74, 6) is 3.67. The highest BCUT2D eigenvalue weighted by atomic mass is 32.1. The number of hydrogen-bond donors (Lipinski definition) is 3. The van der Waals surface area contributed by atoms with Crippen LogP contribution in [0, 0.1) is 11.2 Å². The lowest BCUT2D eigenvalue weighted by Gasteiger charge is -2.29. The van der Waals surface area contributed by atoms with E-state index in [0.717, 1.165) is 23.3 Å². The predicted octanol–water partition coefficient (Wildman–Crippen LogP) is 3.66. The number of aromatic carboxylic acids is 1. The number of fused-ring (bicyclic) bond motifs is 1. The lowest BCUT2D eigenvalue weighted by Crippen LogP contribution is -2.27. The number of hydrazine groups is 1. The Hall–Kier alpha value is -2.29. The first-order chi connectivity index (χ1) is 13.1. The highest BCUT2D eigenvalue weighted by molar-refractivity contribution is 7.17. The van der Waals surface area contributed by atoms with Crippen LogP contribution >= 0.6 is 11.3 Å². The summed E-state index contributed by atoms with van der Waals surface area (Å²) in [4.78, 5) is 25.8. The molecule has 0 bridgehead atoms. The number of nitrogens with two attached hydrogens (primary N) is 1. The molecular weight excluding hydrogens is 381 g/mol. The van der Waals surface area contributed by atoms with E-state index in [4.69, 9.17) is 5.84 Å². The molecule has 28 heavy (non-hydrogen) atoms. The number of nitrogens with one attached hydrogen (secondary N) is 1. The van der Waals surface area contributed by atoms with Gasteiger partial charge in [0.05, 0.1) is 5.56 Å². The van der Waals surface area contributed by atoms with Crippen LogP contribution in [-0.2, 0) is 19.4 Å². The fourth-order valence-electron chi connectivity index (χ4n) is 3.59. The number of carboxylic acids is 1. The third kappa shape index (κ3) is 4.24. The average molecular weight is 405 g/mol. The Kier molecular flexibility index (Phi) is 5.56. The van der Waals surface area contributed by atoms with Gasteiger partial charge in [-0.15, -0.1) is 11.3 Å². The predicted molar refractivity (Wildman–Crippen MR) is 107 cm³/mol. The number of nitrogens with zero attached hydrogens (tertiary/aromatic N) is 1. The van der Waals surface area contributed by atoms with Gasteiger partial charge in [0.2, 0.25) is 0 Å². The number of rotatable bonds is 5. The minimum atomic E-state index is -1.05. The van der Waals surface area contributed by atoms with Gasteiger partial charge in [-0.3, -0.25) is 10.6 Å². The number of thiophene rings is 1. The van der Waals surface area contributed by atoms with Crippen LogP contribution in [0.3, 0.4) is 0 Å². The number of hydrogen-bond acceptors (Lipinski definition) is 5. The molecule has 0 unspecified atom stereocenters. The molecule has 0 aliphatic heterocycles. The van der Waals surface area contributed by atoms with Crippen LogP contribution in [0.5, 0.6) is 0 Å². The zero-order chi connectivity index (χ0) is 20.6. The van der Waals surface area contributed by atoms with Crippen molar-refractivity contribution in [2.24, 2.45) is 11.3 Å². The minimum absolute atomic E-state index is 0.0232. The molecule has 1 aliphatic carbocycles. The fourth-order valence-corrected chi connectivity index (χ4v) is 4.79. The quantitative estimate of drug-likeness (QED) is 0.521. The number of anilines is 1. The van der Waals surface area contributed by atoms with Crippen molar-refractivity contribution in [1.82, 2.24) is 5.01 Å². The molecule has 0 saturated heterocycles. The van der Waals surface area contributed by atoms with Crippen molar-refractivity contribution in [3.05, 3.63) is 51.1 Å². The summed E-state index contributed by atoms with van der Waals surface area (Å²) in [5, 5.41) is 14.2. The van der Waals surface area contributed by atoms with Gasteiger partial charge < -0.3 is 10.4 Å². The summed E-state index contributed by atoms with van der Waals surface area (Å²) in [5.41, 5.74) is 1.70. The van der Waals surface area contributed by atoms with Crippen LogP contribution in [-0.4, -0.2) is 29.0 Å². The molecule has 1 aromatic carbocycles. The van der Waals surface area contributed by atoms with Gasteiger partial charge in [0, 0.05) is 24.0 Å². The number of benzene rings is 1. The Bertz CT molecular complexity index is 937. The molecule has 1 heterocycles. The highest BCUT2D eigenvalue weighted by Crippen LogP contribution is 2.43. The van der Waals surface area contributed by atoms with E-state index in [9.17, 15) is 19.1 Å². The van der Waals surface area contributed by atoms with Crippen molar-refractivity contribution in [2.75, 3.05) is 12.4 Å². The molecule has 2 aromatic rings. The molecule has 0 fully saturated rings. The van der Waals surface area contributed by atoms with Gasteiger partial charge >= 0.3 is 5.97 Å². The first-order valence-electron chi connectivity index (χ1n) is 9.01. The van der Waals surface area contributed by atoms with E-state index in [2.05, 4.69) is 19.2 Å². The molecule has 1 amide bonds. The van der Waals surface area contributed by atoms with Crippen molar-refractivity contribution in [1.29, 1.82) is 0 Å². The van der Waals surface area contributed by atoms with Crippen LogP contribution in [0.25, 0.3) is 0 Å². The third-order valence-corrected chi connectivity index (χ3v) is 6.15. The summed E-state index contributed by atoms with van der Waals surface area (Å²) in [6.07, 6.45) is 2.43. The molecule has 3 rings (SSSR count). The maximum Gasteiger partial charge on any atom is 0.339 e. The van der Waals surface area contributed by atoms with Crippen LogP contribution in [0.4, 0.5) is 9.39 Å². The number of carbonyl (C=O) groups is 2. The largest absolute Gasteiger partial charge is 0.478 e. The Morgan fingerprint density at radius 3 is 2.75 bits per heavy atom. The van der Waals surface area contributed by atoms with Gasteiger partial charge in [0.1, 0.15) is 10.8 Å². The van der Waals surface area contributed by atoms with Gasteiger partial charge in [-0.1, -0.05) is 13.8 Å². The zero-order valence-corrected chi connectivity index (χ0v) is 17.0. The normalized spacial score (nSPS) is 15.4. The molecule has 6 nitrogen and oxygen atoms in total. The second kappa shape index (κ2) is 7.62. The maximum absolute atomic E-state index is 13.6. The standard InChI is InChI=1S/C20H24FN3O3S/c1-20(2)7-6-15-14(9-20)16(19(26)27)18(28-15)23-17(25)13-5-4-12(21)8-11(13)10-24(3)22/h4-5,8H,6-7,9-10,22H2,1-3H3,(H,23,25)(H,26,27). The molecule has 8 heteroatoms. The molecule has 0 spiro atoms. The van der Waals surface area contributed by atoms with E-state index in [0.29, 0.717) is 17.0 Å². The number of carbonyl (C=O) groups excluding carboxylic acids is 1. The molecule has 4 N–H and O–H groups in total. The van der Waals surface area contributed by atoms with Crippen molar-refractivity contribution in [2.45, 2.75) is 39.7 Å². The molecule has 0 saturated carbocycles. The van der Waals surface area contributed by atoms with E-state index in [-0.39, 0.29) is 23.1 Å².